The first-order valence-electron chi connectivity index (χ1n) is 8.73. The van der Waals surface area contributed by atoms with Crippen LogP contribution < -0.4 is 5.32 Å². The Hall–Kier alpha value is -1.16. The van der Waals surface area contributed by atoms with Gasteiger partial charge in [-0.05, 0) is 55.6 Å². The smallest absolute Gasteiger partial charge is 0.407 e. The summed E-state index contributed by atoms with van der Waals surface area (Å²) in [5.74, 6) is 0. The molecule has 1 fully saturated rings. The molecule has 0 atom stereocenters. The van der Waals surface area contributed by atoms with Gasteiger partial charge in [0.25, 0.3) is 0 Å². The minimum Gasteiger partial charge on any atom is -0.444 e. The van der Waals surface area contributed by atoms with E-state index in [9.17, 15) is 13.2 Å². The minimum atomic E-state index is -3.56. The largest absolute Gasteiger partial charge is 0.444 e. The molecule has 0 saturated carbocycles. The lowest BCUT2D eigenvalue weighted by Gasteiger charge is -2.32. The van der Waals surface area contributed by atoms with Crippen molar-refractivity contribution in [1.82, 2.24) is 9.62 Å². The molecule has 1 aromatic carbocycles. The van der Waals surface area contributed by atoms with Gasteiger partial charge in [-0.3, -0.25) is 0 Å². The molecule has 6 nitrogen and oxygen atoms in total. The molecule has 1 amide bonds. The molecule has 1 aliphatic heterocycles. The summed E-state index contributed by atoms with van der Waals surface area (Å²) < 4.78 is 34.8. The Labute approximate surface area is 172 Å². The normalized spacial score (nSPS) is 17.2. The third-order valence-corrected chi connectivity index (χ3v) is 8.35. The summed E-state index contributed by atoms with van der Waals surface area (Å²) in [4.78, 5) is 12.3. The number of carbonyl (C=O) groups is 1. The van der Waals surface area contributed by atoms with E-state index in [4.69, 9.17) is 4.74 Å². The average Bonchev–Trinajstić information content (AvgIpc) is 3.00. The number of nitrogens with zero attached hydrogens (tertiary/aromatic N) is 1. The summed E-state index contributed by atoms with van der Waals surface area (Å²) in [7, 11) is -3.56. The molecule has 0 aliphatic carbocycles. The van der Waals surface area contributed by atoms with Crippen LogP contribution in [0.15, 0.2) is 32.9 Å². The van der Waals surface area contributed by atoms with Gasteiger partial charge >= 0.3 is 6.09 Å². The van der Waals surface area contributed by atoms with Gasteiger partial charge in [-0.1, -0.05) is 12.1 Å². The van der Waals surface area contributed by atoms with Gasteiger partial charge in [0, 0.05) is 39.1 Å². The lowest BCUT2D eigenvalue weighted by molar-refractivity contribution is 0.0489. The number of fused-ring (bicyclic) bond motifs is 1. The van der Waals surface area contributed by atoms with E-state index in [1.807, 2.05) is 39.0 Å². The molecular formula is C18H23BrN2O4S2. The quantitative estimate of drug-likeness (QED) is 0.717. The maximum absolute atomic E-state index is 13.1. The van der Waals surface area contributed by atoms with E-state index in [2.05, 4.69) is 21.2 Å². The lowest BCUT2D eigenvalue weighted by atomic mass is 10.1. The molecule has 0 spiro atoms. The van der Waals surface area contributed by atoms with Gasteiger partial charge in [-0.15, -0.1) is 11.3 Å². The number of thiophene rings is 1. The standard InChI is InChI=1S/C18H23BrN2O4S2/c1-18(2,3)25-17(22)20-12-7-9-21(10-8-12)27(23,24)15-11-26-16-13(15)5-4-6-14(16)19/h4-6,11-12H,7-10H2,1-3H3,(H,20,22). The SMILES string of the molecule is CC(C)(C)OC(=O)NC1CCN(S(=O)(=O)c2csc3c(Br)cccc23)CC1. The van der Waals surface area contributed by atoms with Crippen molar-refractivity contribution in [2.75, 3.05) is 13.1 Å². The first-order valence-corrected chi connectivity index (χ1v) is 11.8. The molecule has 0 unspecified atom stereocenters. The minimum absolute atomic E-state index is 0.0836. The monoisotopic (exact) mass is 474 g/mol. The Kier molecular flexibility index (Phi) is 5.86. The highest BCUT2D eigenvalue weighted by Crippen LogP contribution is 2.36. The fraction of sp³-hybridized carbons (Fsp3) is 0.500. The molecule has 3 rings (SSSR count). The number of benzene rings is 1. The maximum Gasteiger partial charge on any atom is 0.407 e. The van der Waals surface area contributed by atoms with E-state index in [-0.39, 0.29) is 6.04 Å². The number of ether oxygens (including phenoxy) is 1. The molecule has 2 heterocycles. The second-order valence-electron chi connectivity index (χ2n) is 7.54. The predicted octanol–water partition coefficient (Wildman–Crippen LogP) is 4.34. The average molecular weight is 475 g/mol. The van der Waals surface area contributed by atoms with Crippen molar-refractivity contribution in [2.45, 2.75) is 50.2 Å². The second kappa shape index (κ2) is 7.69. The van der Waals surface area contributed by atoms with E-state index in [1.165, 1.54) is 15.6 Å². The van der Waals surface area contributed by atoms with Crippen LogP contribution in [0.3, 0.4) is 0 Å². The van der Waals surface area contributed by atoms with Crippen LogP contribution in [0, 0.1) is 0 Å². The van der Waals surface area contributed by atoms with Gasteiger partial charge in [-0.2, -0.15) is 4.31 Å². The summed E-state index contributed by atoms with van der Waals surface area (Å²) in [6.07, 6.45) is 0.659. The number of piperidine rings is 1. The van der Waals surface area contributed by atoms with Crippen molar-refractivity contribution in [3.63, 3.8) is 0 Å². The molecule has 0 bridgehead atoms. The molecule has 9 heteroatoms. The van der Waals surface area contributed by atoms with E-state index in [0.717, 1.165) is 14.6 Å². The van der Waals surface area contributed by atoms with Crippen LogP contribution in [-0.2, 0) is 14.8 Å². The van der Waals surface area contributed by atoms with Gasteiger partial charge in [-0.25, -0.2) is 13.2 Å². The molecule has 1 aliphatic rings. The fourth-order valence-electron chi connectivity index (χ4n) is 3.05. The number of nitrogens with one attached hydrogen (secondary N) is 1. The summed E-state index contributed by atoms with van der Waals surface area (Å²) in [6, 6.07) is 5.50. The Balaban J connectivity index is 1.68. The summed E-state index contributed by atoms with van der Waals surface area (Å²) in [5.41, 5.74) is -0.553. The van der Waals surface area contributed by atoms with Crippen molar-refractivity contribution >= 4 is 53.5 Å². The Bertz CT molecular complexity index is 942. The number of halogens is 1. The van der Waals surface area contributed by atoms with Crippen LogP contribution in [0.5, 0.6) is 0 Å². The Morgan fingerprint density at radius 2 is 1.96 bits per heavy atom. The van der Waals surface area contributed by atoms with Crippen LogP contribution in [0.2, 0.25) is 0 Å². The first kappa shape index (κ1) is 20.6. The van der Waals surface area contributed by atoms with Gasteiger partial charge < -0.3 is 10.1 Å². The Morgan fingerprint density at radius 1 is 1.30 bits per heavy atom. The van der Waals surface area contributed by atoms with Gasteiger partial charge in [0.2, 0.25) is 10.0 Å². The van der Waals surface area contributed by atoms with Gasteiger partial charge in [0.05, 0.1) is 0 Å². The van der Waals surface area contributed by atoms with Crippen LogP contribution in [0.25, 0.3) is 10.1 Å². The lowest BCUT2D eigenvalue weighted by Crippen LogP contribution is -2.47. The van der Waals surface area contributed by atoms with Crippen LogP contribution in [0.4, 0.5) is 4.79 Å². The van der Waals surface area contributed by atoms with Crippen molar-refractivity contribution in [1.29, 1.82) is 0 Å². The van der Waals surface area contributed by atoms with Gasteiger partial charge in [0.1, 0.15) is 10.5 Å². The highest BCUT2D eigenvalue weighted by Gasteiger charge is 2.32. The first-order chi connectivity index (χ1) is 12.6. The number of amides is 1. The molecular weight excluding hydrogens is 452 g/mol. The van der Waals surface area contributed by atoms with Crippen LogP contribution in [-0.4, -0.2) is 43.5 Å². The zero-order valence-corrected chi connectivity index (χ0v) is 18.7. The summed E-state index contributed by atoms with van der Waals surface area (Å²) >= 11 is 4.89. The zero-order chi connectivity index (χ0) is 19.8. The summed E-state index contributed by atoms with van der Waals surface area (Å²) in [6.45, 7) is 6.17. The fourth-order valence-corrected chi connectivity index (χ4v) is 6.65. The second-order valence-corrected chi connectivity index (χ2v) is 11.2. The number of hydrogen-bond acceptors (Lipinski definition) is 5. The highest BCUT2D eigenvalue weighted by atomic mass is 79.9. The number of carbonyl (C=O) groups excluding carboxylic acids is 1. The van der Waals surface area contributed by atoms with E-state index in [0.29, 0.717) is 30.8 Å². The molecule has 1 saturated heterocycles. The number of hydrogen-bond donors (Lipinski definition) is 1. The van der Waals surface area contributed by atoms with Crippen molar-refractivity contribution in [3.05, 3.63) is 28.1 Å². The maximum atomic E-state index is 13.1. The van der Waals surface area contributed by atoms with E-state index >= 15 is 0 Å². The number of rotatable bonds is 3. The highest BCUT2D eigenvalue weighted by molar-refractivity contribution is 9.10. The van der Waals surface area contributed by atoms with Crippen LogP contribution in [0.1, 0.15) is 33.6 Å². The summed E-state index contributed by atoms with van der Waals surface area (Å²) in [5, 5.41) is 5.28. The molecule has 148 valence electrons. The van der Waals surface area contributed by atoms with Crippen molar-refractivity contribution < 1.29 is 17.9 Å². The Morgan fingerprint density at radius 3 is 2.59 bits per heavy atom. The van der Waals surface area contributed by atoms with Crippen molar-refractivity contribution in [3.8, 4) is 0 Å². The third kappa shape index (κ3) is 4.64. The topological polar surface area (TPSA) is 75.7 Å². The predicted molar refractivity (Wildman–Crippen MR) is 111 cm³/mol. The molecule has 27 heavy (non-hydrogen) atoms. The third-order valence-electron chi connectivity index (χ3n) is 4.31. The van der Waals surface area contributed by atoms with Crippen molar-refractivity contribution in [2.24, 2.45) is 0 Å². The van der Waals surface area contributed by atoms with Crippen LogP contribution >= 0.6 is 27.3 Å². The number of sulfonamides is 1. The van der Waals surface area contributed by atoms with Gasteiger partial charge in [0.15, 0.2) is 0 Å². The van der Waals surface area contributed by atoms with E-state index < -0.39 is 21.7 Å². The molecule has 0 radical (unpaired) electrons. The number of alkyl carbamates (subject to hydrolysis) is 1. The zero-order valence-electron chi connectivity index (χ0n) is 15.5. The van der Waals surface area contributed by atoms with E-state index in [1.54, 1.807) is 5.38 Å². The molecule has 2 aromatic rings. The molecule has 1 N–H and O–H groups in total. The molecule has 1 aromatic heterocycles.